The molecule has 3 rings (SSSR count). The molecule has 0 saturated heterocycles. The van der Waals surface area contributed by atoms with Gasteiger partial charge in [0.1, 0.15) is 12.1 Å². The van der Waals surface area contributed by atoms with Crippen LogP contribution in [-0.2, 0) is 10.0 Å². The highest BCUT2D eigenvalue weighted by Gasteiger charge is 2.30. The van der Waals surface area contributed by atoms with E-state index < -0.39 is 15.9 Å². The van der Waals surface area contributed by atoms with Crippen LogP contribution in [-0.4, -0.2) is 49.8 Å². The second-order valence-electron chi connectivity index (χ2n) is 6.20. The monoisotopic (exact) mass is 376 g/mol. The predicted octanol–water partition coefficient (Wildman–Crippen LogP) is 1.87. The van der Waals surface area contributed by atoms with Crippen molar-refractivity contribution in [2.24, 2.45) is 0 Å². The zero-order chi connectivity index (χ0) is 18.9. The summed E-state index contributed by atoms with van der Waals surface area (Å²) in [5.41, 5.74) is 1.37. The Kier molecular flexibility index (Phi) is 4.92. The fourth-order valence-electron chi connectivity index (χ4n) is 2.54. The highest BCUT2D eigenvalue weighted by Crippen LogP contribution is 2.40. The largest absolute Gasteiger partial charge is 0.495 e. The van der Waals surface area contributed by atoms with E-state index in [0.29, 0.717) is 17.0 Å². The van der Waals surface area contributed by atoms with Gasteiger partial charge >= 0.3 is 0 Å². The van der Waals surface area contributed by atoms with Gasteiger partial charge in [-0.2, -0.15) is 0 Å². The topological polar surface area (TPSA) is 101 Å². The van der Waals surface area contributed by atoms with Crippen LogP contribution in [0.15, 0.2) is 35.6 Å². The number of aromatic nitrogens is 2. The van der Waals surface area contributed by atoms with E-state index in [1.165, 1.54) is 51.9 Å². The van der Waals surface area contributed by atoms with Crippen molar-refractivity contribution < 1.29 is 17.9 Å². The van der Waals surface area contributed by atoms with Gasteiger partial charge in [-0.15, -0.1) is 0 Å². The molecule has 1 heterocycles. The molecule has 0 spiro atoms. The molecule has 1 aliphatic rings. The average Bonchev–Trinajstić information content (AvgIpc) is 3.46. The molecule has 26 heavy (non-hydrogen) atoms. The maximum absolute atomic E-state index is 12.7. The van der Waals surface area contributed by atoms with Gasteiger partial charge in [-0.05, 0) is 31.0 Å². The lowest BCUT2D eigenvalue weighted by molar-refractivity contribution is 0.102. The predicted molar refractivity (Wildman–Crippen MR) is 95.8 cm³/mol. The molecule has 1 aliphatic carbocycles. The number of benzene rings is 1. The molecule has 0 atom stereocenters. The highest BCUT2D eigenvalue weighted by atomic mass is 32.2. The van der Waals surface area contributed by atoms with Gasteiger partial charge in [0.2, 0.25) is 10.0 Å². The van der Waals surface area contributed by atoms with Crippen LogP contribution in [0.2, 0.25) is 0 Å². The molecule has 0 aliphatic heterocycles. The number of sulfonamides is 1. The molecule has 0 bridgehead atoms. The zero-order valence-electron chi connectivity index (χ0n) is 14.8. The number of ether oxygens (including phenoxy) is 1. The Morgan fingerprint density at radius 3 is 2.65 bits per heavy atom. The third-order valence-corrected chi connectivity index (χ3v) is 5.96. The van der Waals surface area contributed by atoms with Crippen LogP contribution in [0, 0.1) is 0 Å². The first kappa shape index (κ1) is 18.3. The number of hydrogen-bond acceptors (Lipinski definition) is 6. The number of carbonyl (C=O) groups is 1. The van der Waals surface area contributed by atoms with Gasteiger partial charge in [-0.25, -0.2) is 22.7 Å². The Morgan fingerprint density at radius 1 is 1.31 bits per heavy atom. The minimum atomic E-state index is -3.63. The highest BCUT2D eigenvalue weighted by molar-refractivity contribution is 7.89. The van der Waals surface area contributed by atoms with Crippen LogP contribution < -0.4 is 10.1 Å². The lowest BCUT2D eigenvalue weighted by atomic mass is 10.1. The Balaban J connectivity index is 1.95. The van der Waals surface area contributed by atoms with Crippen LogP contribution in [0.3, 0.4) is 0 Å². The van der Waals surface area contributed by atoms with Crippen LogP contribution in [0.25, 0.3) is 0 Å². The van der Waals surface area contributed by atoms with Crippen molar-refractivity contribution in [1.29, 1.82) is 0 Å². The third kappa shape index (κ3) is 3.54. The second-order valence-corrected chi connectivity index (χ2v) is 8.35. The van der Waals surface area contributed by atoms with E-state index in [1.807, 2.05) is 0 Å². The number of rotatable bonds is 6. The minimum Gasteiger partial charge on any atom is -0.495 e. The number of amides is 1. The maximum Gasteiger partial charge on any atom is 0.259 e. The van der Waals surface area contributed by atoms with Crippen LogP contribution in [0.5, 0.6) is 5.75 Å². The molecule has 9 heteroatoms. The molecule has 1 N–H and O–H groups in total. The van der Waals surface area contributed by atoms with Crippen molar-refractivity contribution in [3.05, 3.63) is 42.0 Å². The molecule has 1 fully saturated rings. The van der Waals surface area contributed by atoms with Crippen molar-refractivity contribution in [3.8, 4) is 5.75 Å². The summed E-state index contributed by atoms with van der Waals surface area (Å²) in [6.07, 6.45) is 4.90. The molecule has 1 aromatic heterocycles. The Morgan fingerprint density at radius 2 is 2.04 bits per heavy atom. The number of methoxy groups -OCH3 is 1. The summed E-state index contributed by atoms with van der Waals surface area (Å²) in [6, 6.07) is 4.33. The molecule has 0 unspecified atom stereocenters. The number of anilines is 1. The van der Waals surface area contributed by atoms with E-state index in [-0.39, 0.29) is 16.5 Å². The van der Waals surface area contributed by atoms with E-state index in [1.54, 1.807) is 0 Å². The van der Waals surface area contributed by atoms with E-state index in [0.717, 1.165) is 17.1 Å². The fraction of sp³-hybridized carbons (Fsp3) is 0.353. The first-order chi connectivity index (χ1) is 12.3. The first-order valence-electron chi connectivity index (χ1n) is 8.06. The Hall–Kier alpha value is -2.52. The molecule has 8 nitrogen and oxygen atoms in total. The number of hydrogen-bond donors (Lipinski definition) is 1. The van der Waals surface area contributed by atoms with Crippen LogP contribution in [0.4, 0.5) is 5.69 Å². The van der Waals surface area contributed by atoms with E-state index >= 15 is 0 Å². The van der Waals surface area contributed by atoms with Crippen LogP contribution >= 0.6 is 0 Å². The molecule has 1 saturated carbocycles. The van der Waals surface area contributed by atoms with E-state index in [9.17, 15) is 13.2 Å². The summed E-state index contributed by atoms with van der Waals surface area (Å²) in [4.78, 5) is 20.9. The Bertz CT molecular complexity index is 940. The van der Waals surface area contributed by atoms with Crippen LogP contribution in [0.1, 0.15) is 34.8 Å². The van der Waals surface area contributed by atoms with E-state index in [2.05, 4.69) is 15.3 Å². The molecule has 138 valence electrons. The Labute approximate surface area is 152 Å². The summed E-state index contributed by atoms with van der Waals surface area (Å²) >= 11 is 0. The first-order valence-corrected chi connectivity index (χ1v) is 9.50. The lowest BCUT2D eigenvalue weighted by Crippen LogP contribution is -2.22. The van der Waals surface area contributed by atoms with Gasteiger partial charge in [-0.3, -0.25) is 4.79 Å². The maximum atomic E-state index is 12.7. The lowest BCUT2D eigenvalue weighted by Gasteiger charge is -2.15. The quantitative estimate of drug-likeness (QED) is 0.826. The van der Waals surface area contributed by atoms with Gasteiger partial charge in [-0.1, -0.05) is 0 Å². The van der Waals surface area contributed by atoms with Gasteiger partial charge < -0.3 is 10.1 Å². The second kappa shape index (κ2) is 7.00. The number of carbonyl (C=O) groups excluding carboxylic acids is 1. The smallest absolute Gasteiger partial charge is 0.259 e. The van der Waals surface area contributed by atoms with Gasteiger partial charge in [0.05, 0.1) is 29.0 Å². The normalized spacial score (nSPS) is 14.3. The summed E-state index contributed by atoms with van der Waals surface area (Å²) in [5, 5.41) is 2.73. The molecule has 1 amide bonds. The van der Waals surface area contributed by atoms with Gasteiger partial charge in [0.25, 0.3) is 5.91 Å². The van der Waals surface area contributed by atoms with E-state index in [4.69, 9.17) is 4.74 Å². The van der Waals surface area contributed by atoms with Gasteiger partial charge in [0.15, 0.2) is 0 Å². The van der Waals surface area contributed by atoms with Crippen molar-refractivity contribution in [1.82, 2.24) is 14.3 Å². The van der Waals surface area contributed by atoms with Crippen molar-refractivity contribution in [2.45, 2.75) is 23.7 Å². The third-order valence-electron chi connectivity index (χ3n) is 4.15. The van der Waals surface area contributed by atoms with Crippen molar-refractivity contribution in [3.63, 3.8) is 0 Å². The summed E-state index contributed by atoms with van der Waals surface area (Å²) in [7, 11) is 0.707. The molecule has 1 aromatic carbocycles. The standard InChI is InChI=1S/C17H20N4O4S/c1-21(2)26(23,24)12-6-7-15(25-3)14(8-12)20-17(22)13-9-18-10-19-16(13)11-4-5-11/h6-11H,4-5H2,1-3H3,(H,20,22). The summed E-state index contributed by atoms with van der Waals surface area (Å²) < 4.78 is 31.0. The summed E-state index contributed by atoms with van der Waals surface area (Å²) in [5.74, 6) is 0.243. The number of nitrogens with zero attached hydrogens (tertiary/aromatic N) is 3. The summed E-state index contributed by atoms with van der Waals surface area (Å²) in [6.45, 7) is 0. The molecule has 0 radical (unpaired) electrons. The molecular weight excluding hydrogens is 356 g/mol. The fourth-order valence-corrected chi connectivity index (χ4v) is 3.47. The average molecular weight is 376 g/mol. The zero-order valence-corrected chi connectivity index (χ0v) is 15.6. The SMILES string of the molecule is COc1ccc(S(=O)(=O)N(C)C)cc1NC(=O)c1cncnc1C1CC1. The van der Waals surface area contributed by atoms with Gasteiger partial charge in [0, 0.05) is 26.2 Å². The minimum absolute atomic E-state index is 0.0605. The molecule has 2 aromatic rings. The van der Waals surface area contributed by atoms with Crippen molar-refractivity contribution >= 4 is 21.6 Å². The molecular formula is C17H20N4O4S. The number of nitrogens with one attached hydrogen (secondary N) is 1. The van der Waals surface area contributed by atoms with Crippen molar-refractivity contribution in [2.75, 3.05) is 26.5 Å².